The van der Waals surface area contributed by atoms with Gasteiger partial charge in [-0.25, -0.2) is 8.78 Å². The summed E-state index contributed by atoms with van der Waals surface area (Å²) in [6.07, 6.45) is 0. The van der Waals surface area contributed by atoms with Gasteiger partial charge >= 0.3 is 0 Å². The lowest BCUT2D eigenvalue weighted by Gasteiger charge is -2.27. The van der Waals surface area contributed by atoms with Gasteiger partial charge in [-0.15, -0.1) is 0 Å². The minimum absolute atomic E-state index is 0.0927. The fraction of sp³-hybridized carbons (Fsp3) is 0.0769. The molecular formula is C26H16ClF2NO6. The number of aliphatic hydroxyl groups is 1. The highest BCUT2D eigenvalue weighted by Crippen LogP contribution is 2.44. The molecule has 0 spiro atoms. The van der Waals surface area contributed by atoms with E-state index in [2.05, 4.69) is 0 Å². The van der Waals surface area contributed by atoms with Gasteiger partial charge < -0.3 is 19.4 Å². The van der Waals surface area contributed by atoms with Gasteiger partial charge in [0.2, 0.25) is 5.78 Å². The number of phenolic OH excluding ortho intramolecular Hbond substituents is 1. The molecule has 1 amide bonds. The summed E-state index contributed by atoms with van der Waals surface area (Å²) < 4.78 is 39.3. The van der Waals surface area contributed by atoms with Crippen molar-refractivity contribution in [3.05, 3.63) is 100.0 Å². The highest BCUT2D eigenvalue weighted by Gasteiger charge is 2.46. The van der Waals surface area contributed by atoms with E-state index in [0.717, 1.165) is 17.0 Å². The van der Waals surface area contributed by atoms with E-state index in [1.54, 1.807) is 6.07 Å². The molecule has 4 aromatic rings. The molecule has 10 heteroatoms. The summed E-state index contributed by atoms with van der Waals surface area (Å²) in [4.78, 5) is 27.7. The van der Waals surface area contributed by atoms with Crippen LogP contribution in [0.3, 0.4) is 0 Å². The normalized spacial score (nSPS) is 15.7. The van der Waals surface area contributed by atoms with Crippen molar-refractivity contribution < 1.29 is 37.7 Å². The van der Waals surface area contributed by atoms with Crippen molar-refractivity contribution >= 4 is 39.9 Å². The Morgan fingerprint density at radius 2 is 1.78 bits per heavy atom. The van der Waals surface area contributed by atoms with Gasteiger partial charge in [0.25, 0.3) is 5.91 Å². The average molecular weight is 512 g/mol. The molecule has 7 nitrogen and oxygen atoms in total. The molecule has 0 saturated heterocycles. The van der Waals surface area contributed by atoms with Gasteiger partial charge in [-0.3, -0.25) is 14.5 Å². The molecule has 36 heavy (non-hydrogen) atoms. The summed E-state index contributed by atoms with van der Waals surface area (Å²) in [5.74, 6) is -4.84. The molecule has 2 N–H and O–H groups in total. The Labute approximate surface area is 207 Å². The molecule has 1 aliphatic heterocycles. The first-order valence-corrected chi connectivity index (χ1v) is 10.9. The molecule has 182 valence electrons. The number of methoxy groups -OCH3 is 1. The van der Waals surface area contributed by atoms with Gasteiger partial charge in [-0.2, -0.15) is 0 Å². The number of fused-ring (bicyclic) bond motifs is 1. The number of aliphatic hydroxyl groups excluding tert-OH is 1. The quantitative estimate of drug-likeness (QED) is 0.325. The monoisotopic (exact) mass is 511 g/mol. The number of furan rings is 1. The van der Waals surface area contributed by atoms with Crippen molar-refractivity contribution in [1.82, 2.24) is 0 Å². The number of halogens is 3. The first-order valence-electron chi connectivity index (χ1n) is 10.5. The maximum Gasteiger partial charge on any atom is 0.294 e. The number of hydrogen-bond donors (Lipinski definition) is 2. The van der Waals surface area contributed by atoms with Crippen LogP contribution in [0, 0.1) is 11.6 Å². The number of nitrogens with zero attached hydrogens (tertiary/aromatic N) is 1. The number of anilines is 1. The van der Waals surface area contributed by atoms with Crippen molar-refractivity contribution in [3.63, 3.8) is 0 Å². The molecule has 1 unspecified atom stereocenters. The fourth-order valence-corrected chi connectivity index (χ4v) is 4.43. The van der Waals surface area contributed by atoms with Crippen molar-refractivity contribution in [2.24, 2.45) is 0 Å². The highest BCUT2D eigenvalue weighted by molar-refractivity contribution is 6.31. The van der Waals surface area contributed by atoms with Crippen LogP contribution in [0.2, 0.25) is 5.02 Å². The van der Waals surface area contributed by atoms with E-state index in [0.29, 0.717) is 16.5 Å². The summed E-state index contributed by atoms with van der Waals surface area (Å²) >= 11 is 6.10. The third kappa shape index (κ3) is 3.74. The summed E-state index contributed by atoms with van der Waals surface area (Å²) in [7, 11) is 1.40. The van der Waals surface area contributed by atoms with Crippen LogP contribution in [0.15, 0.2) is 76.4 Å². The zero-order chi connectivity index (χ0) is 25.7. The smallest absolute Gasteiger partial charge is 0.294 e. The van der Waals surface area contributed by atoms with Crippen LogP contribution in [0.1, 0.15) is 22.2 Å². The SMILES string of the molecule is COc1cc(Cl)cc2cc(C(=O)C3=C(O)C(=O)N(c4ccc(F)cc4F)C3c3ccc(O)cc3)oc12. The molecule has 0 saturated carbocycles. The zero-order valence-electron chi connectivity index (χ0n) is 18.5. The first kappa shape index (κ1) is 23.4. The highest BCUT2D eigenvalue weighted by atomic mass is 35.5. The van der Waals surface area contributed by atoms with Crippen molar-refractivity contribution in [1.29, 1.82) is 0 Å². The largest absolute Gasteiger partial charge is 0.508 e. The minimum Gasteiger partial charge on any atom is -0.508 e. The Hall–Kier alpha value is -4.37. The molecule has 1 aliphatic rings. The standard InChI is InChI=1S/C26H16ClF2NO6/c1-35-20-10-14(27)8-13-9-19(36-25(13)20)23(32)21-22(12-2-5-16(31)6-3-12)30(26(34)24(21)33)18-7-4-15(28)11-17(18)29/h2-11,22,31,33H,1H3. The lowest BCUT2D eigenvalue weighted by atomic mass is 9.94. The molecule has 1 atom stereocenters. The number of carbonyl (C=O) groups excluding carboxylic acids is 2. The van der Waals surface area contributed by atoms with E-state index in [9.17, 15) is 28.6 Å². The molecular weight excluding hydrogens is 496 g/mol. The Morgan fingerprint density at radius 1 is 1.06 bits per heavy atom. The number of benzene rings is 3. The van der Waals surface area contributed by atoms with Gasteiger partial charge in [0.1, 0.15) is 17.4 Å². The second-order valence-electron chi connectivity index (χ2n) is 7.99. The number of hydrogen-bond acceptors (Lipinski definition) is 6. The summed E-state index contributed by atoms with van der Waals surface area (Å²) in [6.45, 7) is 0. The van der Waals surface area contributed by atoms with Crippen LogP contribution in [0.4, 0.5) is 14.5 Å². The van der Waals surface area contributed by atoms with E-state index in [4.69, 9.17) is 20.8 Å². The first-order chi connectivity index (χ1) is 17.2. The topological polar surface area (TPSA) is 100 Å². The summed E-state index contributed by atoms with van der Waals surface area (Å²) in [6, 6.07) is 11.1. The number of amides is 1. The zero-order valence-corrected chi connectivity index (χ0v) is 19.2. The number of carbonyl (C=O) groups is 2. The second kappa shape index (κ2) is 8.69. The summed E-state index contributed by atoms with van der Waals surface area (Å²) in [5.41, 5.74) is -0.253. The molecule has 3 aromatic carbocycles. The van der Waals surface area contributed by atoms with Crippen LogP contribution in [0.5, 0.6) is 11.5 Å². The van der Waals surface area contributed by atoms with Gasteiger partial charge in [0, 0.05) is 22.5 Å². The predicted octanol–water partition coefficient (Wildman–Crippen LogP) is 5.86. The van der Waals surface area contributed by atoms with Crippen molar-refractivity contribution in [3.8, 4) is 11.5 Å². The number of rotatable bonds is 5. The van der Waals surface area contributed by atoms with E-state index in [-0.39, 0.29) is 34.1 Å². The molecule has 0 bridgehead atoms. The van der Waals surface area contributed by atoms with Gasteiger partial charge in [-0.1, -0.05) is 23.7 Å². The second-order valence-corrected chi connectivity index (χ2v) is 8.43. The van der Waals surface area contributed by atoms with Gasteiger partial charge in [0.15, 0.2) is 22.9 Å². The third-order valence-electron chi connectivity index (χ3n) is 5.82. The number of ketones is 1. The average Bonchev–Trinajstić information content (AvgIpc) is 3.38. The van der Waals surface area contributed by atoms with Crippen molar-refractivity contribution in [2.45, 2.75) is 6.04 Å². The number of ether oxygens (including phenoxy) is 1. The van der Waals surface area contributed by atoms with Crippen LogP contribution < -0.4 is 9.64 Å². The Kier molecular flexibility index (Phi) is 5.64. The van der Waals surface area contributed by atoms with Crippen LogP contribution in [-0.4, -0.2) is 29.0 Å². The van der Waals surface area contributed by atoms with Crippen LogP contribution in [0.25, 0.3) is 11.0 Å². The Balaban J connectivity index is 1.68. The summed E-state index contributed by atoms with van der Waals surface area (Å²) in [5, 5.41) is 21.3. The van der Waals surface area contributed by atoms with Gasteiger partial charge in [-0.05, 0) is 42.0 Å². The van der Waals surface area contributed by atoms with E-state index in [1.165, 1.54) is 43.5 Å². The van der Waals surface area contributed by atoms with E-state index in [1.807, 2.05) is 0 Å². The molecule has 0 aliphatic carbocycles. The maximum absolute atomic E-state index is 14.8. The third-order valence-corrected chi connectivity index (χ3v) is 6.04. The lowest BCUT2D eigenvalue weighted by Crippen LogP contribution is -2.31. The van der Waals surface area contributed by atoms with Crippen LogP contribution in [-0.2, 0) is 4.79 Å². The molecule has 5 rings (SSSR count). The number of phenols is 1. The molecule has 2 heterocycles. The molecule has 0 fully saturated rings. The Morgan fingerprint density at radius 3 is 2.44 bits per heavy atom. The predicted molar refractivity (Wildman–Crippen MR) is 126 cm³/mol. The Bertz CT molecular complexity index is 1580. The lowest BCUT2D eigenvalue weighted by molar-refractivity contribution is -0.117. The van der Waals surface area contributed by atoms with E-state index < -0.39 is 40.7 Å². The van der Waals surface area contributed by atoms with Crippen LogP contribution >= 0.6 is 11.6 Å². The molecule has 1 aromatic heterocycles. The van der Waals surface area contributed by atoms with Crippen molar-refractivity contribution in [2.75, 3.05) is 12.0 Å². The minimum atomic E-state index is -1.32. The number of aromatic hydroxyl groups is 1. The van der Waals surface area contributed by atoms with E-state index >= 15 is 0 Å². The molecule has 0 radical (unpaired) electrons. The maximum atomic E-state index is 14.8. The fourth-order valence-electron chi connectivity index (χ4n) is 4.22. The van der Waals surface area contributed by atoms with Gasteiger partial charge in [0.05, 0.1) is 24.4 Å². The number of Topliss-reactive ketones (excluding diaryl/α,β-unsaturated/α-hetero) is 1.